The van der Waals surface area contributed by atoms with E-state index in [9.17, 15) is 4.39 Å². The maximum absolute atomic E-state index is 13.3. The molecule has 5 nitrogen and oxygen atoms in total. The molecule has 0 saturated heterocycles. The zero-order chi connectivity index (χ0) is 15.8. The molecular formula is C16H16FN5. The van der Waals surface area contributed by atoms with Gasteiger partial charge in [0.25, 0.3) is 0 Å². The van der Waals surface area contributed by atoms with Gasteiger partial charge in [0.05, 0.1) is 12.4 Å². The van der Waals surface area contributed by atoms with E-state index >= 15 is 0 Å². The molecular weight excluding hydrogens is 281 g/mol. The summed E-state index contributed by atoms with van der Waals surface area (Å²) in [6, 6.07) is 14.0. The summed E-state index contributed by atoms with van der Waals surface area (Å²) in [6.07, 6.45) is 2.92. The number of nitrogens with one attached hydrogen (secondary N) is 1. The van der Waals surface area contributed by atoms with Crippen molar-refractivity contribution in [2.75, 3.05) is 0 Å². The highest BCUT2D eigenvalue weighted by atomic mass is 19.1. The lowest BCUT2D eigenvalue weighted by Crippen LogP contribution is -2.26. The molecule has 0 spiro atoms. The Balaban J connectivity index is 1.93. The first-order valence-corrected chi connectivity index (χ1v) is 6.62. The van der Waals surface area contributed by atoms with Crippen molar-refractivity contribution >= 4 is 18.4 Å². The summed E-state index contributed by atoms with van der Waals surface area (Å²) in [6.45, 7) is 1.98. The molecule has 0 bridgehead atoms. The second kappa shape index (κ2) is 7.68. The summed E-state index contributed by atoms with van der Waals surface area (Å²) in [4.78, 5) is 0. The molecule has 0 atom stereocenters. The van der Waals surface area contributed by atoms with Gasteiger partial charge in [-0.25, -0.2) is 9.82 Å². The third-order valence-electron chi connectivity index (χ3n) is 2.84. The predicted octanol–water partition coefficient (Wildman–Crippen LogP) is 2.41. The standard InChI is InChI=1S/C16H16FN5/c1-12-6-2-3-7-13(12)10-19-21-16(18)22-20-11-14-8-4-5-9-15(14)17/h2-11H,1H3,(H3,18,21,22)/b19-10+,20-11+. The second-order valence-electron chi connectivity index (χ2n) is 4.48. The summed E-state index contributed by atoms with van der Waals surface area (Å²) >= 11 is 0. The molecule has 0 aromatic heterocycles. The van der Waals surface area contributed by atoms with Crippen LogP contribution in [-0.4, -0.2) is 18.4 Å². The topological polar surface area (TPSA) is 75.1 Å². The lowest BCUT2D eigenvalue weighted by atomic mass is 10.1. The van der Waals surface area contributed by atoms with Gasteiger partial charge in [-0.1, -0.05) is 42.5 Å². The van der Waals surface area contributed by atoms with Crippen molar-refractivity contribution in [3.63, 3.8) is 0 Å². The Labute approximate surface area is 128 Å². The van der Waals surface area contributed by atoms with E-state index < -0.39 is 0 Å². The van der Waals surface area contributed by atoms with Crippen LogP contribution in [-0.2, 0) is 0 Å². The molecule has 0 amide bonds. The van der Waals surface area contributed by atoms with Gasteiger partial charge in [0, 0.05) is 5.56 Å². The van der Waals surface area contributed by atoms with Crippen molar-refractivity contribution in [2.45, 2.75) is 6.92 Å². The number of nitrogens with two attached hydrogens (primary N) is 1. The Morgan fingerprint density at radius 1 is 1.05 bits per heavy atom. The van der Waals surface area contributed by atoms with Crippen LogP contribution in [0.5, 0.6) is 0 Å². The first kappa shape index (κ1) is 15.4. The molecule has 0 aliphatic rings. The van der Waals surface area contributed by atoms with Gasteiger partial charge in [0.15, 0.2) is 0 Å². The summed E-state index contributed by atoms with van der Waals surface area (Å²) in [7, 11) is 0. The molecule has 0 unspecified atom stereocenters. The van der Waals surface area contributed by atoms with E-state index in [1.165, 1.54) is 12.3 Å². The van der Waals surface area contributed by atoms with E-state index in [0.29, 0.717) is 5.56 Å². The van der Waals surface area contributed by atoms with Gasteiger partial charge >= 0.3 is 0 Å². The van der Waals surface area contributed by atoms with Crippen molar-refractivity contribution in [1.29, 1.82) is 0 Å². The summed E-state index contributed by atoms with van der Waals surface area (Å²) in [5, 5.41) is 11.4. The molecule has 0 heterocycles. The second-order valence-corrected chi connectivity index (χ2v) is 4.48. The van der Waals surface area contributed by atoms with Crippen LogP contribution in [0, 0.1) is 12.7 Å². The third kappa shape index (κ3) is 4.52. The summed E-state index contributed by atoms with van der Waals surface area (Å²) in [5.41, 5.74) is 10.5. The van der Waals surface area contributed by atoms with Crippen LogP contribution >= 0.6 is 0 Å². The Morgan fingerprint density at radius 2 is 1.73 bits per heavy atom. The van der Waals surface area contributed by atoms with Crippen LogP contribution in [0.3, 0.4) is 0 Å². The Morgan fingerprint density at radius 3 is 2.45 bits per heavy atom. The van der Waals surface area contributed by atoms with Gasteiger partial charge in [0.2, 0.25) is 5.96 Å². The molecule has 0 radical (unpaired) electrons. The fourth-order valence-corrected chi connectivity index (χ4v) is 1.66. The molecule has 2 aromatic rings. The van der Waals surface area contributed by atoms with Crippen molar-refractivity contribution in [3.8, 4) is 0 Å². The lowest BCUT2D eigenvalue weighted by Gasteiger charge is -1.98. The van der Waals surface area contributed by atoms with Gasteiger partial charge in [0.1, 0.15) is 5.82 Å². The van der Waals surface area contributed by atoms with Crippen LogP contribution in [0.15, 0.2) is 63.8 Å². The van der Waals surface area contributed by atoms with Crippen LogP contribution in [0.2, 0.25) is 0 Å². The number of hydrazone groups is 1. The number of rotatable bonds is 4. The number of guanidine groups is 1. The van der Waals surface area contributed by atoms with E-state index in [1.54, 1.807) is 24.4 Å². The van der Waals surface area contributed by atoms with E-state index in [4.69, 9.17) is 5.73 Å². The molecule has 3 N–H and O–H groups in total. The van der Waals surface area contributed by atoms with Crippen LogP contribution in [0.1, 0.15) is 16.7 Å². The fraction of sp³-hybridized carbons (Fsp3) is 0.0625. The van der Waals surface area contributed by atoms with E-state index in [1.807, 2.05) is 31.2 Å². The molecule has 0 aliphatic heterocycles. The normalized spacial score (nSPS) is 12.2. The van der Waals surface area contributed by atoms with Crippen molar-refractivity contribution in [3.05, 3.63) is 71.0 Å². The number of aryl methyl sites for hydroxylation is 1. The largest absolute Gasteiger partial charge is 0.367 e. The molecule has 22 heavy (non-hydrogen) atoms. The first-order chi connectivity index (χ1) is 10.7. The van der Waals surface area contributed by atoms with Gasteiger partial charge < -0.3 is 5.73 Å². The fourth-order valence-electron chi connectivity index (χ4n) is 1.66. The smallest absolute Gasteiger partial charge is 0.234 e. The number of nitrogens with zero attached hydrogens (tertiary/aromatic N) is 3. The molecule has 112 valence electrons. The highest BCUT2D eigenvalue weighted by molar-refractivity contribution is 5.85. The third-order valence-corrected chi connectivity index (χ3v) is 2.84. The quantitative estimate of drug-likeness (QED) is 0.516. The van der Waals surface area contributed by atoms with E-state index in [-0.39, 0.29) is 11.8 Å². The first-order valence-electron chi connectivity index (χ1n) is 6.62. The number of hydrogen-bond donors (Lipinski definition) is 2. The minimum absolute atomic E-state index is 0.0115. The van der Waals surface area contributed by atoms with Crippen molar-refractivity contribution in [2.24, 2.45) is 21.0 Å². The summed E-state index contributed by atoms with van der Waals surface area (Å²) in [5.74, 6) is -0.349. The molecule has 0 fully saturated rings. The molecule has 0 saturated carbocycles. The van der Waals surface area contributed by atoms with Crippen molar-refractivity contribution in [1.82, 2.24) is 5.43 Å². The SMILES string of the molecule is Cc1ccccc1/C=N/N=C(N)N/N=C/c1ccccc1F. The number of hydrogen-bond acceptors (Lipinski definition) is 3. The molecule has 2 rings (SSSR count). The zero-order valence-corrected chi connectivity index (χ0v) is 12.1. The lowest BCUT2D eigenvalue weighted by molar-refractivity contribution is 0.626. The van der Waals surface area contributed by atoms with E-state index in [2.05, 4.69) is 20.7 Å². The average Bonchev–Trinajstić information content (AvgIpc) is 2.51. The van der Waals surface area contributed by atoms with Gasteiger partial charge in [-0.15, -0.1) is 5.10 Å². The van der Waals surface area contributed by atoms with E-state index in [0.717, 1.165) is 11.1 Å². The van der Waals surface area contributed by atoms with Gasteiger partial charge in [-0.3, -0.25) is 0 Å². The summed E-state index contributed by atoms with van der Waals surface area (Å²) < 4.78 is 13.3. The highest BCUT2D eigenvalue weighted by Gasteiger charge is 1.96. The average molecular weight is 297 g/mol. The van der Waals surface area contributed by atoms with Crippen LogP contribution in [0.4, 0.5) is 4.39 Å². The predicted molar refractivity (Wildman–Crippen MR) is 87.5 cm³/mol. The van der Waals surface area contributed by atoms with Crippen LogP contribution < -0.4 is 11.2 Å². The maximum atomic E-state index is 13.3. The van der Waals surface area contributed by atoms with Crippen LogP contribution in [0.25, 0.3) is 0 Å². The Hall–Kier alpha value is -3.02. The Kier molecular flexibility index (Phi) is 5.37. The van der Waals surface area contributed by atoms with Gasteiger partial charge in [-0.05, 0) is 24.1 Å². The maximum Gasteiger partial charge on any atom is 0.234 e. The minimum atomic E-state index is -0.360. The zero-order valence-electron chi connectivity index (χ0n) is 12.1. The highest BCUT2D eigenvalue weighted by Crippen LogP contribution is 2.03. The van der Waals surface area contributed by atoms with Gasteiger partial charge in [-0.2, -0.15) is 10.2 Å². The minimum Gasteiger partial charge on any atom is -0.367 e. The Bertz CT molecular complexity index is 722. The van der Waals surface area contributed by atoms with Crippen molar-refractivity contribution < 1.29 is 4.39 Å². The molecule has 0 aliphatic carbocycles. The molecule has 2 aromatic carbocycles. The number of halogens is 1. The number of benzene rings is 2. The monoisotopic (exact) mass is 297 g/mol. The molecule has 6 heteroatoms.